The summed E-state index contributed by atoms with van der Waals surface area (Å²) in [5.74, 6) is -1.91. The molecule has 0 radical (unpaired) electrons. The lowest BCUT2D eigenvalue weighted by Crippen LogP contribution is -2.12. The molecule has 0 spiro atoms. The monoisotopic (exact) mass is 292 g/mol. The number of halogens is 4. The molecule has 0 saturated carbocycles. The molecule has 0 aliphatic carbocycles. The average Bonchev–Trinajstić information content (AvgIpc) is 2.74. The van der Waals surface area contributed by atoms with Gasteiger partial charge in [-0.3, -0.25) is 0 Å². The van der Waals surface area contributed by atoms with Gasteiger partial charge >= 0.3 is 12.1 Å². The molecule has 6 nitrogen and oxygen atoms in total. The molecule has 0 aromatic carbocycles. The molecule has 0 amide bonds. The van der Waals surface area contributed by atoms with E-state index in [0.29, 0.717) is 4.80 Å². The molecule has 1 N–H and O–H groups in total. The van der Waals surface area contributed by atoms with Crippen molar-refractivity contribution in [3.05, 3.63) is 34.7 Å². The van der Waals surface area contributed by atoms with E-state index in [4.69, 9.17) is 16.7 Å². The lowest BCUT2D eigenvalue weighted by Gasteiger charge is -2.01. The first-order valence-electron chi connectivity index (χ1n) is 4.69. The number of hydrogen-bond acceptors (Lipinski definition) is 4. The van der Waals surface area contributed by atoms with E-state index < -0.39 is 23.5 Å². The van der Waals surface area contributed by atoms with Gasteiger partial charge in [0.1, 0.15) is 0 Å². The van der Waals surface area contributed by atoms with Crippen LogP contribution in [0.1, 0.15) is 16.2 Å². The molecule has 10 heteroatoms. The number of carbonyl (C=O) groups is 1. The third-order valence-electron chi connectivity index (χ3n) is 2.00. The van der Waals surface area contributed by atoms with Gasteiger partial charge in [0.2, 0.25) is 11.4 Å². The van der Waals surface area contributed by atoms with Gasteiger partial charge in [-0.1, -0.05) is 11.6 Å². The second kappa shape index (κ2) is 4.50. The highest BCUT2D eigenvalue weighted by Crippen LogP contribution is 2.30. The second-order valence-electron chi connectivity index (χ2n) is 3.32. The standard InChI is InChI=1S/C9H4ClF3N4O2/c10-4-1-2-5(14-3-4)17-15-6(8(18)19)7(16-17)9(11,12)13/h1-3H,(H,18,19). The van der Waals surface area contributed by atoms with Gasteiger partial charge in [0, 0.05) is 6.20 Å². The number of nitrogens with zero attached hydrogens (tertiary/aromatic N) is 4. The highest BCUT2D eigenvalue weighted by molar-refractivity contribution is 6.30. The van der Waals surface area contributed by atoms with Crippen molar-refractivity contribution in [2.75, 3.05) is 0 Å². The fourth-order valence-electron chi connectivity index (χ4n) is 1.23. The van der Waals surface area contributed by atoms with Crippen LogP contribution in [-0.2, 0) is 6.18 Å². The quantitative estimate of drug-likeness (QED) is 0.916. The van der Waals surface area contributed by atoms with Crippen LogP contribution in [0.5, 0.6) is 0 Å². The zero-order valence-corrected chi connectivity index (χ0v) is 9.64. The number of pyridine rings is 1. The Morgan fingerprint density at radius 1 is 1.32 bits per heavy atom. The van der Waals surface area contributed by atoms with Crippen molar-refractivity contribution in [2.45, 2.75) is 6.18 Å². The number of aromatic nitrogens is 4. The summed E-state index contributed by atoms with van der Waals surface area (Å²) in [6, 6.07) is 2.62. The van der Waals surface area contributed by atoms with Crippen molar-refractivity contribution >= 4 is 17.6 Å². The van der Waals surface area contributed by atoms with E-state index in [-0.39, 0.29) is 10.8 Å². The average molecular weight is 293 g/mol. The van der Waals surface area contributed by atoms with Gasteiger partial charge in [-0.05, 0) is 12.1 Å². The summed E-state index contributed by atoms with van der Waals surface area (Å²) in [5, 5.41) is 15.3. The van der Waals surface area contributed by atoms with E-state index in [0.717, 1.165) is 0 Å². The lowest BCUT2D eigenvalue weighted by molar-refractivity contribution is -0.141. The Bertz CT molecular complexity index is 623. The van der Waals surface area contributed by atoms with E-state index in [2.05, 4.69) is 15.2 Å². The molecule has 2 heterocycles. The van der Waals surface area contributed by atoms with Crippen LogP contribution < -0.4 is 0 Å². The number of carboxylic acids is 1. The largest absolute Gasteiger partial charge is 0.476 e. The number of aromatic carboxylic acids is 1. The van der Waals surface area contributed by atoms with E-state index >= 15 is 0 Å². The number of carboxylic acid groups (broad SMARTS) is 1. The summed E-state index contributed by atoms with van der Waals surface area (Å²) in [4.78, 5) is 14.9. The van der Waals surface area contributed by atoms with Gasteiger partial charge in [-0.2, -0.15) is 13.2 Å². The van der Waals surface area contributed by atoms with Crippen LogP contribution >= 0.6 is 11.6 Å². The predicted octanol–water partition coefficient (Wildman–Crippen LogP) is 2.03. The van der Waals surface area contributed by atoms with Gasteiger partial charge in [0.05, 0.1) is 5.02 Å². The Morgan fingerprint density at radius 3 is 2.42 bits per heavy atom. The highest BCUT2D eigenvalue weighted by atomic mass is 35.5. The molecule has 2 rings (SSSR count). The number of alkyl halides is 3. The Kier molecular flexibility index (Phi) is 3.14. The highest BCUT2D eigenvalue weighted by Gasteiger charge is 2.40. The first-order chi connectivity index (χ1) is 8.79. The van der Waals surface area contributed by atoms with Crippen molar-refractivity contribution in [3.63, 3.8) is 0 Å². The Morgan fingerprint density at radius 2 is 2.00 bits per heavy atom. The fourth-order valence-corrected chi connectivity index (χ4v) is 1.34. The second-order valence-corrected chi connectivity index (χ2v) is 3.76. The Labute approximate surface area is 108 Å². The SMILES string of the molecule is O=C(O)c1nn(-c2ccc(Cl)cn2)nc1C(F)(F)F. The van der Waals surface area contributed by atoms with Crippen LogP contribution in [0.15, 0.2) is 18.3 Å². The Balaban J connectivity index is 2.55. The predicted molar refractivity (Wildman–Crippen MR) is 56.1 cm³/mol. The number of rotatable bonds is 2. The topological polar surface area (TPSA) is 80.9 Å². The van der Waals surface area contributed by atoms with Crippen molar-refractivity contribution in [2.24, 2.45) is 0 Å². The third kappa shape index (κ3) is 2.65. The van der Waals surface area contributed by atoms with Crippen LogP contribution in [0.3, 0.4) is 0 Å². The minimum atomic E-state index is -4.92. The van der Waals surface area contributed by atoms with Crippen molar-refractivity contribution in [3.8, 4) is 5.82 Å². The molecule has 2 aromatic rings. The maximum atomic E-state index is 12.6. The van der Waals surface area contributed by atoms with E-state index in [1.54, 1.807) is 0 Å². The summed E-state index contributed by atoms with van der Waals surface area (Å²) >= 11 is 5.57. The molecule has 0 fully saturated rings. The number of hydrogen-bond donors (Lipinski definition) is 1. The van der Waals surface area contributed by atoms with Crippen molar-refractivity contribution in [1.29, 1.82) is 0 Å². The fraction of sp³-hybridized carbons (Fsp3) is 0.111. The summed E-state index contributed by atoms with van der Waals surface area (Å²) in [7, 11) is 0. The van der Waals surface area contributed by atoms with Crippen molar-refractivity contribution < 1.29 is 23.1 Å². The normalized spacial score (nSPS) is 11.6. The molecule has 0 bridgehead atoms. The molecule has 0 aliphatic rings. The van der Waals surface area contributed by atoms with Gasteiger partial charge < -0.3 is 5.11 Å². The molecular formula is C9H4ClF3N4O2. The van der Waals surface area contributed by atoms with Crippen molar-refractivity contribution in [1.82, 2.24) is 20.0 Å². The van der Waals surface area contributed by atoms with Crippen LogP contribution in [-0.4, -0.2) is 31.1 Å². The van der Waals surface area contributed by atoms with Crippen LogP contribution in [0.4, 0.5) is 13.2 Å². The maximum Gasteiger partial charge on any atom is 0.437 e. The molecule has 0 aliphatic heterocycles. The molecular weight excluding hydrogens is 289 g/mol. The van der Waals surface area contributed by atoms with Gasteiger partial charge in [0.15, 0.2) is 5.82 Å². The zero-order valence-electron chi connectivity index (χ0n) is 8.89. The molecule has 0 unspecified atom stereocenters. The molecule has 19 heavy (non-hydrogen) atoms. The Hall–Kier alpha value is -2.16. The van der Waals surface area contributed by atoms with Crippen LogP contribution in [0.2, 0.25) is 5.02 Å². The maximum absolute atomic E-state index is 12.6. The molecule has 0 atom stereocenters. The molecule has 100 valence electrons. The van der Waals surface area contributed by atoms with Crippen LogP contribution in [0.25, 0.3) is 5.82 Å². The van der Waals surface area contributed by atoms with E-state index in [9.17, 15) is 18.0 Å². The summed E-state index contributed by atoms with van der Waals surface area (Å²) < 4.78 is 37.7. The van der Waals surface area contributed by atoms with Crippen LogP contribution in [0, 0.1) is 0 Å². The minimum absolute atomic E-state index is 0.0811. The van der Waals surface area contributed by atoms with E-state index in [1.807, 2.05) is 0 Å². The van der Waals surface area contributed by atoms with Gasteiger partial charge in [0.25, 0.3) is 0 Å². The smallest absolute Gasteiger partial charge is 0.437 e. The summed E-state index contributed by atoms with van der Waals surface area (Å²) in [6.07, 6.45) is -3.74. The minimum Gasteiger partial charge on any atom is -0.476 e. The van der Waals surface area contributed by atoms with E-state index in [1.165, 1.54) is 18.3 Å². The first-order valence-corrected chi connectivity index (χ1v) is 5.06. The summed E-state index contributed by atoms with van der Waals surface area (Å²) in [5.41, 5.74) is -2.78. The first kappa shape index (κ1) is 13.3. The van der Waals surface area contributed by atoms with Gasteiger partial charge in [-0.25, -0.2) is 9.78 Å². The molecule has 0 saturated heterocycles. The molecule has 2 aromatic heterocycles. The van der Waals surface area contributed by atoms with Gasteiger partial charge in [-0.15, -0.1) is 15.0 Å². The zero-order chi connectivity index (χ0) is 14.2. The third-order valence-corrected chi connectivity index (χ3v) is 2.23. The summed E-state index contributed by atoms with van der Waals surface area (Å²) in [6.45, 7) is 0. The lowest BCUT2D eigenvalue weighted by atomic mass is 10.3.